The minimum Gasteiger partial charge on any atom is -0.313 e. The molecule has 1 aliphatic rings. The topological polar surface area (TPSA) is 29.1 Å². The van der Waals surface area contributed by atoms with Gasteiger partial charge in [0.2, 0.25) is 0 Å². The Kier molecular flexibility index (Phi) is 3.34. The highest BCUT2D eigenvalue weighted by Crippen LogP contribution is 2.24. The molecule has 2 atom stereocenters. The van der Waals surface area contributed by atoms with E-state index in [4.69, 9.17) is 0 Å². The number of benzene rings is 1. The number of hydrogen-bond acceptors (Lipinski definition) is 2. The molecule has 1 fully saturated rings. The molecule has 2 heteroatoms. The zero-order valence-corrected chi connectivity index (χ0v) is 11.1. The number of aryl methyl sites for hydroxylation is 3. The van der Waals surface area contributed by atoms with Gasteiger partial charge in [0.15, 0.2) is 5.78 Å². The zero-order valence-electron chi connectivity index (χ0n) is 11.1. The predicted octanol–water partition coefficient (Wildman–Crippen LogP) is 2.79. The molecule has 2 rings (SSSR count). The third-order valence-electron chi connectivity index (χ3n) is 3.97. The molecule has 0 spiro atoms. The number of ketones is 1. The van der Waals surface area contributed by atoms with Gasteiger partial charge in [-0.1, -0.05) is 6.07 Å². The first-order chi connectivity index (χ1) is 8.00. The molecule has 1 aromatic carbocycles. The molecule has 1 heterocycles. The molecule has 2 unspecified atom stereocenters. The zero-order chi connectivity index (χ0) is 12.6. The van der Waals surface area contributed by atoms with Gasteiger partial charge in [-0.15, -0.1) is 0 Å². The third kappa shape index (κ3) is 2.27. The van der Waals surface area contributed by atoms with Gasteiger partial charge >= 0.3 is 0 Å². The Bertz CT molecular complexity index is 450. The average Bonchev–Trinajstić information content (AvgIpc) is 2.69. The van der Waals surface area contributed by atoms with E-state index >= 15 is 0 Å². The van der Waals surface area contributed by atoms with Crippen LogP contribution in [-0.4, -0.2) is 18.4 Å². The van der Waals surface area contributed by atoms with Crippen molar-refractivity contribution >= 4 is 5.78 Å². The number of hydrogen-bond donors (Lipinski definition) is 1. The van der Waals surface area contributed by atoms with E-state index in [1.165, 1.54) is 11.1 Å². The van der Waals surface area contributed by atoms with Gasteiger partial charge in [-0.25, -0.2) is 0 Å². The van der Waals surface area contributed by atoms with E-state index in [0.29, 0.717) is 11.8 Å². The van der Waals surface area contributed by atoms with Crippen LogP contribution in [0.1, 0.15) is 40.4 Å². The van der Waals surface area contributed by atoms with Crippen LogP contribution in [0.25, 0.3) is 0 Å². The van der Waals surface area contributed by atoms with Crippen LogP contribution in [0.2, 0.25) is 0 Å². The van der Waals surface area contributed by atoms with E-state index < -0.39 is 0 Å². The molecule has 1 aromatic rings. The molecule has 1 saturated heterocycles. The van der Waals surface area contributed by atoms with Crippen molar-refractivity contribution in [3.8, 4) is 0 Å². The minimum absolute atomic E-state index is 0.149. The van der Waals surface area contributed by atoms with Gasteiger partial charge in [-0.2, -0.15) is 0 Å². The largest absolute Gasteiger partial charge is 0.313 e. The van der Waals surface area contributed by atoms with Crippen LogP contribution in [0.5, 0.6) is 0 Å². The van der Waals surface area contributed by atoms with Gasteiger partial charge in [0.1, 0.15) is 0 Å². The van der Waals surface area contributed by atoms with Gasteiger partial charge in [0, 0.05) is 17.5 Å². The van der Waals surface area contributed by atoms with Gasteiger partial charge in [-0.3, -0.25) is 4.79 Å². The molecule has 92 valence electrons. The summed E-state index contributed by atoms with van der Waals surface area (Å²) in [7, 11) is 0. The summed E-state index contributed by atoms with van der Waals surface area (Å²) in [5.74, 6) is 0.457. The number of Topliss-reactive ketones (excluding diaryl/α,β-unsaturated/α-hetero) is 1. The smallest absolute Gasteiger partial charge is 0.167 e. The summed E-state index contributed by atoms with van der Waals surface area (Å²) in [5, 5.41) is 3.34. The molecular formula is C15H21NO. The fourth-order valence-electron chi connectivity index (χ4n) is 2.64. The molecule has 1 aliphatic heterocycles. The molecule has 0 saturated carbocycles. The molecule has 0 bridgehead atoms. The lowest BCUT2D eigenvalue weighted by atomic mass is 9.88. The molecule has 0 aliphatic carbocycles. The SMILES string of the molecule is Cc1cc(C)c(C(=O)C2CCNC2C)cc1C. The highest BCUT2D eigenvalue weighted by Gasteiger charge is 2.30. The van der Waals surface area contributed by atoms with Crippen LogP contribution in [0.3, 0.4) is 0 Å². The second kappa shape index (κ2) is 4.61. The fourth-order valence-corrected chi connectivity index (χ4v) is 2.64. The van der Waals surface area contributed by atoms with Crippen molar-refractivity contribution in [1.82, 2.24) is 5.32 Å². The van der Waals surface area contributed by atoms with Crippen LogP contribution in [0.15, 0.2) is 12.1 Å². The Morgan fingerprint density at radius 3 is 2.41 bits per heavy atom. The first-order valence-electron chi connectivity index (χ1n) is 6.36. The maximum Gasteiger partial charge on any atom is 0.167 e. The number of carbonyl (C=O) groups excluding carboxylic acids is 1. The van der Waals surface area contributed by atoms with Crippen molar-refractivity contribution in [2.24, 2.45) is 5.92 Å². The number of carbonyl (C=O) groups is 1. The molecule has 0 amide bonds. The second-order valence-corrected chi connectivity index (χ2v) is 5.25. The van der Waals surface area contributed by atoms with E-state index in [2.05, 4.69) is 38.2 Å². The lowest BCUT2D eigenvalue weighted by molar-refractivity contribution is 0.0913. The fraction of sp³-hybridized carbons (Fsp3) is 0.533. The van der Waals surface area contributed by atoms with E-state index in [1.54, 1.807) is 0 Å². The summed E-state index contributed by atoms with van der Waals surface area (Å²) in [4.78, 5) is 12.5. The van der Waals surface area contributed by atoms with Crippen molar-refractivity contribution in [1.29, 1.82) is 0 Å². The van der Waals surface area contributed by atoms with Gasteiger partial charge < -0.3 is 5.32 Å². The molecule has 0 aromatic heterocycles. The first-order valence-corrected chi connectivity index (χ1v) is 6.36. The summed E-state index contributed by atoms with van der Waals surface area (Å²) >= 11 is 0. The van der Waals surface area contributed by atoms with E-state index in [-0.39, 0.29) is 5.92 Å². The molecule has 1 N–H and O–H groups in total. The standard InChI is InChI=1S/C15H21NO/c1-9-7-11(3)14(8-10(9)2)15(17)13-5-6-16-12(13)4/h7-8,12-13,16H,5-6H2,1-4H3. The van der Waals surface area contributed by atoms with Crippen LogP contribution < -0.4 is 5.32 Å². The van der Waals surface area contributed by atoms with Crippen LogP contribution in [0.4, 0.5) is 0 Å². The van der Waals surface area contributed by atoms with Crippen LogP contribution in [-0.2, 0) is 0 Å². The van der Waals surface area contributed by atoms with Crippen LogP contribution >= 0.6 is 0 Å². The Morgan fingerprint density at radius 1 is 1.18 bits per heavy atom. The average molecular weight is 231 g/mol. The third-order valence-corrected chi connectivity index (χ3v) is 3.97. The number of nitrogens with one attached hydrogen (secondary N) is 1. The quantitative estimate of drug-likeness (QED) is 0.793. The van der Waals surface area contributed by atoms with Crippen molar-refractivity contribution in [2.75, 3.05) is 6.54 Å². The summed E-state index contributed by atoms with van der Waals surface area (Å²) in [5.41, 5.74) is 4.49. The Balaban J connectivity index is 2.34. The Morgan fingerprint density at radius 2 is 1.82 bits per heavy atom. The monoisotopic (exact) mass is 231 g/mol. The lowest BCUT2D eigenvalue weighted by Gasteiger charge is -2.16. The molecular weight excluding hydrogens is 210 g/mol. The van der Waals surface area contributed by atoms with Crippen molar-refractivity contribution in [3.63, 3.8) is 0 Å². The number of rotatable bonds is 2. The lowest BCUT2D eigenvalue weighted by Crippen LogP contribution is -2.28. The molecule has 0 radical (unpaired) electrons. The summed E-state index contributed by atoms with van der Waals surface area (Å²) in [6, 6.07) is 4.48. The Hall–Kier alpha value is -1.15. The first kappa shape index (κ1) is 12.3. The minimum atomic E-state index is 0.149. The predicted molar refractivity (Wildman–Crippen MR) is 70.6 cm³/mol. The Labute approximate surface area is 103 Å². The van der Waals surface area contributed by atoms with Crippen LogP contribution in [0, 0.1) is 26.7 Å². The maximum atomic E-state index is 12.5. The van der Waals surface area contributed by atoms with Crippen molar-refractivity contribution < 1.29 is 4.79 Å². The highest BCUT2D eigenvalue weighted by molar-refractivity contribution is 6.00. The summed E-state index contributed by atoms with van der Waals surface area (Å²) in [6.45, 7) is 9.26. The summed E-state index contributed by atoms with van der Waals surface area (Å²) < 4.78 is 0. The van der Waals surface area contributed by atoms with Crippen molar-refractivity contribution in [2.45, 2.75) is 40.2 Å². The summed E-state index contributed by atoms with van der Waals surface area (Å²) in [6.07, 6.45) is 0.965. The van der Waals surface area contributed by atoms with Gasteiger partial charge in [-0.05, 0) is 63.4 Å². The second-order valence-electron chi connectivity index (χ2n) is 5.25. The van der Waals surface area contributed by atoms with Crippen molar-refractivity contribution in [3.05, 3.63) is 34.4 Å². The van der Waals surface area contributed by atoms with Gasteiger partial charge in [0.25, 0.3) is 0 Å². The maximum absolute atomic E-state index is 12.5. The van der Waals surface area contributed by atoms with E-state index in [9.17, 15) is 4.79 Å². The molecule has 17 heavy (non-hydrogen) atoms. The van der Waals surface area contributed by atoms with Gasteiger partial charge in [0.05, 0.1) is 0 Å². The van der Waals surface area contributed by atoms with E-state index in [1.807, 2.05) is 6.92 Å². The van der Waals surface area contributed by atoms with E-state index in [0.717, 1.165) is 24.1 Å². The highest BCUT2D eigenvalue weighted by atomic mass is 16.1. The normalized spacial score (nSPS) is 24.0. The molecule has 2 nitrogen and oxygen atoms in total.